The molecule has 0 bridgehead atoms. The molecule has 1 saturated carbocycles. The number of amides is 1. The summed E-state index contributed by atoms with van der Waals surface area (Å²) < 4.78 is 6.26. The third kappa shape index (κ3) is 3.68. The lowest BCUT2D eigenvalue weighted by Gasteiger charge is -2.35. The number of aryl methyl sites for hydroxylation is 1. The molecule has 134 valence electrons. The minimum atomic E-state index is 0.0535. The van der Waals surface area contributed by atoms with Gasteiger partial charge in [0.15, 0.2) is 5.65 Å². The number of likely N-dealkylation sites (tertiary alicyclic amines) is 1. The van der Waals surface area contributed by atoms with Crippen molar-refractivity contribution >= 4 is 17.1 Å². The fourth-order valence-electron chi connectivity index (χ4n) is 3.99. The van der Waals surface area contributed by atoms with Gasteiger partial charge in [0.05, 0.1) is 23.3 Å². The van der Waals surface area contributed by atoms with Crippen LogP contribution in [0.25, 0.3) is 11.2 Å². The van der Waals surface area contributed by atoms with E-state index in [-0.39, 0.29) is 5.91 Å². The van der Waals surface area contributed by atoms with Crippen LogP contribution in [0, 0.1) is 6.92 Å². The Kier molecular flexibility index (Phi) is 4.70. The largest absolute Gasteiger partial charge is 0.375 e. The van der Waals surface area contributed by atoms with Crippen LogP contribution in [0.2, 0.25) is 0 Å². The van der Waals surface area contributed by atoms with Crippen LogP contribution in [0.4, 0.5) is 0 Å². The van der Waals surface area contributed by atoms with E-state index in [0.29, 0.717) is 23.4 Å². The molecule has 0 atom stereocenters. The van der Waals surface area contributed by atoms with Crippen LogP contribution in [-0.4, -0.2) is 51.1 Å². The van der Waals surface area contributed by atoms with E-state index in [1.165, 1.54) is 32.1 Å². The third-order valence-corrected chi connectivity index (χ3v) is 5.37. The number of imidazole rings is 1. The lowest BCUT2D eigenvalue weighted by atomic mass is 9.97. The van der Waals surface area contributed by atoms with Crippen molar-refractivity contribution in [1.29, 1.82) is 0 Å². The number of pyridine rings is 1. The molecule has 1 amide bonds. The quantitative estimate of drug-likeness (QED) is 0.930. The summed E-state index contributed by atoms with van der Waals surface area (Å²) in [6.07, 6.45) is 10.6. The van der Waals surface area contributed by atoms with Crippen LogP contribution >= 0.6 is 0 Å². The maximum absolute atomic E-state index is 12.8. The van der Waals surface area contributed by atoms with Gasteiger partial charge in [-0.15, -0.1) is 0 Å². The number of nitrogens with one attached hydrogen (secondary N) is 1. The molecule has 0 aromatic carbocycles. The molecular weight excluding hydrogens is 316 g/mol. The van der Waals surface area contributed by atoms with Crippen LogP contribution in [0.5, 0.6) is 0 Å². The van der Waals surface area contributed by atoms with E-state index in [2.05, 4.69) is 15.0 Å². The molecule has 0 spiro atoms. The highest BCUT2D eigenvalue weighted by Crippen LogP contribution is 2.25. The normalized spacial score (nSPS) is 20.3. The second-order valence-corrected chi connectivity index (χ2v) is 7.31. The van der Waals surface area contributed by atoms with Gasteiger partial charge in [-0.3, -0.25) is 4.79 Å². The lowest BCUT2D eigenvalue weighted by molar-refractivity contribution is -0.0527. The second kappa shape index (κ2) is 7.12. The van der Waals surface area contributed by atoms with Crippen LogP contribution < -0.4 is 0 Å². The lowest BCUT2D eigenvalue weighted by Crippen LogP contribution is -2.42. The van der Waals surface area contributed by atoms with Gasteiger partial charge in [-0.2, -0.15) is 0 Å². The molecule has 2 aliphatic rings. The highest BCUT2D eigenvalue weighted by molar-refractivity contribution is 5.96. The minimum absolute atomic E-state index is 0.0535. The number of rotatable bonds is 3. The molecule has 2 aromatic rings. The van der Waals surface area contributed by atoms with Crippen LogP contribution in [-0.2, 0) is 4.74 Å². The molecule has 0 unspecified atom stereocenters. The number of carbonyl (C=O) groups is 1. The Morgan fingerprint density at radius 3 is 2.64 bits per heavy atom. The van der Waals surface area contributed by atoms with E-state index in [4.69, 9.17) is 4.74 Å². The van der Waals surface area contributed by atoms with Gasteiger partial charge in [0.2, 0.25) is 0 Å². The molecule has 4 rings (SSSR count). The number of fused-ring (bicyclic) bond motifs is 1. The predicted molar refractivity (Wildman–Crippen MR) is 95.5 cm³/mol. The number of hydrogen-bond acceptors (Lipinski definition) is 4. The molecule has 0 radical (unpaired) electrons. The van der Waals surface area contributed by atoms with Gasteiger partial charge < -0.3 is 14.6 Å². The smallest absolute Gasteiger partial charge is 0.255 e. The molecule has 2 fully saturated rings. The zero-order valence-electron chi connectivity index (χ0n) is 14.8. The second-order valence-electron chi connectivity index (χ2n) is 7.31. The zero-order chi connectivity index (χ0) is 17.2. The first-order valence-corrected chi connectivity index (χ1v) is 9.46. The van der Waals surface area contributed by atoms with Crippen molar-refractivity contribution in [3.63, 3.8) is 0 Å². The minimum Gasteiger partial charge on any atom is -0.375 e. The van der Waals surface area contributed by atoms with Gasteiger partial charge in [-0.05, 0) is 38.7 Å². The number of aromatic amines is 1. The van der Waals surface area contributed by atoms with Crippen molar-refractivity contribution in [2.45, 2.75) is 64.1 Å². The number of aromatic nitrogens is 3. The summed E-state index contributed by atoms with van der Waals surface area (Å²) >= 11 is 0. The number of H-pyrrole nitrogens is 1. The summed E-state index contributed by atoms with van der Waals surface area (Å²) in [5.41, 5.74) is 2.11. The highest BCUT2D eigenvalue weighted by Gasteiger charge is 2.27. The number of piperidine rings is 1. The van der Waals surface area contributed by atoms with Crippen molar-refractivity contribution in [2.24, 2.45) is 0 Å². The maximum Gasteiger partial charge on any atom is 0.255 e. The van der Waals surface area contributed by atoms with Crippen molar-refractivity contribution in [1.82, 2.24) is 19.9 Å². The molecule has 6 heteroatoms. The van der Waals surface area contributed by atoms with E-state index < -0.39 is 0 Å². The Labute approximate surface area is 148 Å². The van der Waals surface area contributed by atoms with Gasteiger partial charge in [0.1, 0.15) is 5.82 Å². The Morgan fingerprint density at radius 2 is 1.88 bits per heavy atom. The molecule has 1 aliphatic carbocycles. The van der Waals surface area contributed by atoms with Crippen molar-refractivity contribution in [3.05, 3.63) is 23.7 Å². The SMILES string of the molecule is Cc1nc2ncc(C(=O)N3CCC(OC4CCCCC4)CC3)cc2[nH]1. The van der Waals surface area contributed by atoms with Crippen molar-refractivity contribution in [3.8, 4) is 0 Å². The van der Waals surface area contributed by atoms with E-state index in [0.717, 1.165) is 37.3 Å². The molecule has 25 heavy (non-hydrogen) atoms. The number of ether oxygens (including phenoxy) is 1. The summed E-state index contributed by atoms with van der Waals surface area (Å²) in [5.74, 6) is 0.866. The average molecular weight is 342 g/mol. The Bertz CT molecular complexity index is 743. The van der Waals surface area contributed by atoms with E-state index in [9.17, 15) is 4.79 Å². The van der Waals surface area contributed by atoms with E-state index >= 15 is 0 Å². The summed E-state index contributed by atoms with van der Waals surface area (Å²) in [5, 5.41) is 0. The van der Waals surface area contributed by atoms with Gasteiger partial charge in [-0.25, -0.2) is 9.97 Å². The van der Waals surface area contributed by atoms with Crippen LogP contribution in [0.15, 0.2) is 12.3 Å². The molecule has 6 nitrogen and oxygen atoms in total. The monoisotopic (exact) mass is 342 g/mol. The summed E-state index contributed by atoms with van der Waals surface area (Å²) in [6.45, 7) is 3.41. The number of nitrogens with zero attached hydrogens (tertiary/aromatic N) is 3. The third-order valence-electron chi connectivity index (χ3n) is 5.37. The summed E-state index contributed by atoms with van der Waals surface area (Å²) in [4.78, 5) is 26.4. The summed E-state index contributed by atoms with van der Waals surface area (Å²) in [6, 6.07) is 1.86. The molecule has 3 heterocycles. The zero-order valence-corrected chi connectivity index (χ0v) is 14.8. The highest BCUT2D eigenvalue weighted by atomic mass is 16.5. The molecule has 2 aromatic heterocycles. The standard InChI is InChI=1S/C19H26N4O2/c1-13-21-17-11-14(12-20-18(17)22-13)19(24)23-9-7-16(8-10-23)25-15-5-3-2-4-6-15/h11-12,15-16H,2-10H2,1H3,(H,20,21,22). The first kappa shape index (κ1) is 16.5. The van der Waals surface area contributed by atoms with E-state index in [1.807, 2.05) is 17.9 Å². The van der Waals surface area contributed by atoms with Gasteiger partial charge in [0.25, 0.3) is 5.91 Å². The fraction of sp³-hybridized carbons (Fsp3) is 0.632. The van der Waals surface area contributed by atoms with Crippen LogP contribution in [0.1, 0.15) is 61.1 Å². The topological polar surface area (TPSA) is 71.1 Å². The molecular formula is C19H26N4O2. The first-order valence-electron chi connectivity index (χ1n) is 9.46. The first-order chi connectivity index (χ1) is 12.2. The average Bonchev–Trinajstić information content (AvgIpc) is 3.02. The molecule has 1 aliphatic heterocycles. The number of hydrogen-bond donors (Lipinski definition) is 1. The van der Waals surface area contributed by atoms with Crippen LogP contribution in [0.3, 0.4) is 0 Å². The van der Waals surface area contributed by atoms with Crippen molar-refractivity contribution < 1.29 is 9.53 Å². The maximum atomic E-state index is 12.8. The van der Waals surface area contributed by atoms with Gasteiger partial charge in [0, 0.05) is 19.3 Å². The predicted octanol–water partition coefficient (Wildman–Crippen LogP) is 3.22. The molecule has 1 N–H and O–H groups in total. The van der Waals surface area contributed by atoms with E-state index in [1.54, 1.807) is 6.20 Å². The Morgan fingerprint density at radius 1 is 1.16 bits per heavy atom. The fourth-order valence-corrected chi connectivity index (χ4v) is 3.99. The Balaban J connectivity index is 1.35. The van der Waals surface area contributed by atoms with Gasteiger partial charge >= 0.3 is 0 Å². The van der Waals surface area contributed by atoms with Gasteiger partial charge in [-0.1, -0.05) is 19.3 Å². The Hall–Kier alpha value is -1.95. The molecule has 1 saturated heterocycles. The summed E-state index contributed by atoms with van der Waals surface area (Å²) in [7, 11) is 0. The number of carbonyl (C=O) groups excluding carboxylic acids is 1. The van der Waals surface area contributed by atoms with Crippen molar-refractivity contribution in [2.75, 3.05) is 13.1 Å².